The van der Waals surface area contributed by atoms with Gasteiger partial charge < -0.3 is 15.3 Å². The summed E-state index contributed by atoms with van der Waals surface area (Å²) in [5.74, 6) is -1.32. The van der Waals surface area contributed by atoms with Gasteiger partial charge in [-0.1, -0.05) is 12.8 Å². The average Bonchev–Trinajstić information content (AvgIpc) is 3.08. The molecule has 1 aliphatic carbocycles. The maximum Gasteiger partial charge on any atom is 0.326 e. The van der Waals surface area contributed by atoms with Crippen LogP contribution in [0, 0.1) is 5.92 Å². The number of carboxylic acids is 1. The molecular formula is C14H22N2O4. The second-order valence-corrected chi connectivity index (χ2v) is 5.74. The van der Waals surface area contributed by atoms with E-state index in [2.05, 4.69) is 5.32 Å². The van der Waals surface area contributed by atoms with Crippen LogP contribution in [0.4, 0.5) is 0 Å². The lowest BCUT2D eigenvalue weighted by atomic mass is 10.1. The zero-order chi connectivity index (χ0) is 14.7. The number of amides is 2. The molecule has 1 heterocycles. The highest BCUT2D eigenvalue weighted by Gasteiger charge is 2.36. The Labute approximate surface area is 118 Å². The fourth-order valence-corrected chi connectivity index (χ4v) is 3.12. The van der Waals surface area contributed by atoms with Gasteiger partial charge >= 0.3 is 5.97 Å². The summed E-state index contributed by atoms with van der Waals surface area (Å²) in [6.45, 7) is 2.09. The normalized spacial score (nSPS) is 24.6. The molecule has 0 aromatic heterocycles. The molecule has 2 aliphatic rings. The van der Waals surface area contributed by atoms with Gasteiger partial charge in [-0.3, -0.25) is 9.59 Å². The van der Waals surface area contributed by atoms with Crippen molar-refractivity contribution >= 4 is 17.8 Å². The molecule has 1 unspecified atom stereocenters. The number of nitrogens with zero attached hydrogens (tertiary/aromatic N) is 1. The summed E-state index contributed by atoms with van der Waals surface area (Å²) in [5.41, 5.74) is 0. The second-order valence-electron chi connectivity index (χ2n) is 5.74. The van der Waals surface area contributed by atoms with E-state index in [1.54, 1.807) is 6.92 Å². The van der Waals surface area contributed by atoms with E-state index in [-0.39, 0.29) is 17.7 Å². The summed E-state index contributed by atoms with van der Waals surface area (Å²) in [7, 11) is 0. The van der Waals surface area contributed by atoms with E-state index in [0.717, 1.165) is 25.7 Å². The number of carbonyl (C=O) groups excluding carboxylic acids is 2. The highest BCUT2D eigenvalue weighted by atomic mass is 16.4. The number of carbonyl (C=O) groups is 3. The zero-order valence-electron chi connectivity index (χ0n) is 11.8. The van der Waals surface area contributed by atoms with Crippen molar-refractivity contribution in [2.24, 2.45) is 5.92 Å². The Morgan fingerprint density at radius 1 is 1.15 bits per heavy atom. The fraction of sp³-hybridized carbons (Fsp3) is 0.786. The third-order valence-corrected chi connectivity index (χ3v) is 4.28. The molecular weight excluding hydrogens is 260 g/mol. The molecule has 112 valence electrons. The Bertz CT molecular complexity index is 404. The minimum absolute atomic E-state index is 0.0131. The van der Waals surface area contributed by atoms with Gasteiger partial charge in [0.2, 0.25) is 11.8 Å². The van der Waals surface area contributed by atoms with Gasteiger partial charge in [0, 0.05) is 12.5 Å². The number of likely N-dealkylation sites (tertiary alicyclic amines) is 1. The first-order valence-electron chi connectivity index (χ1n) is 7.34. The van der Waals surface area contributed by atoms with Gasteiger partial charge in [-0.15, -0.1) is 0 Å². The Balaban J connectivity index is 1.91. The summed E-state index contributed by atoms with van der Waals surface area (Å²) in [6.07, 6.45) is 5.08. The van der Waals surface area contributed by atoms with Crippen molar-refractivity contribution in [2.45, 2.75) is 57.5 Å². The van der Waals surface area contributed by atoms with E-state index in [0.29, 0.717) is 19.4 Å². The molecule has 2 rings (SSSR count). The van der Waals surface area contributed by atoms with E-state index in [1.165, 1.54) is 4.90 Å². The minimum atomic E-state index is -0.967. The van der Waals surface area contributed by atoms with Crippen molar-refractivity contribution in [3.05, 3.63) is 0 Å². The molecule has 0 aromatic rings. The van der Waals surface area contributed by atoms with Crippen molar-refractivity contribution in [2.75, 3.05) is 6.54 Å². The first-order valence-corrected chi connectivity index (χ1v) is 7.34. The Morgan fingerprint density at radius 2 is 1.80 bits per heavy atom. The molecule has 2 atom stereocenters. The van der Waals surface area contributed by atoms with Crippen LogP contribution in [0.15, 0.2) is 0 Å². The molecule has 2 amide bonds. The summed E-state index contributed by atoms with van der Waals surface area (Å²) < 4.78 is 0. The number of aliphatic carboxylic acids is 1. The van der Waals surface area contributed by atoms with Gasteiger partial charge in [-0.25, -0.2) is 4.79 Å². The molecule has 20 heavy (non-hydrogen) atoms. The predicted octanol–water partition coefficient (Wildman–Crippen LogP) is 0.757. The summed E-state index contributed by atoms with van der Waals surface area (Å²) in [4.78, 5) is 36.7. The number of nitrogens with one attached hydrogen (secondary N) is 1. The molecule has 6 nitrogen and oxygen atoms in total. The monoisotopic (exact) mass is 282 g/mol. The fourth-order valence-electron chi connectivity index (χ4n) is 3.12. The van der Waals surface area contributed by atoms with E-state index in [9.17, 15) is 14.4 Å². The van der Waals surface area contributed by atoms with E-state index < -0.39 is 18.1 Å². The van der Waals surface area contributed by atoms with Crippen LogP contribution in [0.1, 0.15) is 45.4 Å². The maximum atomic E-state index is 12.3. The van der Waals surface area contributed by atoms with Gasteiger partial charge in [0.15, 0.2) is 0 Å². The summed E-state index contributed by atoms with van der Waals surface area (Å²) >= 11 is 0. The molecule has 1 saturated carbocycles. The molecule has 2 N–H and O–H groups in total. The third kappa shape index (κ3) is 3.11. The van der Waals surface area contributed by atoms with Gasteiger partial charge in [-0.2, -0.15) is 0 Å². The number of hydrogen-bond acceptors (Lipinski definition) is 3. The van der Waals surface area contributed by atoms with Crippen molar-refractivity contribution in [3.8, 4) is 0 Å². The molecule has 2 fully saturated rings. The van der Waals surface area contributed by atoms with E-state index in [4.69, 9.17) is 5.11 Å². The topological polar surface area (TPSA) is 86.7 Å². The Hall–Kier alpha value is -1.59. The molecule has 0 spiro atoms. The quantitative estimate of drug-likeness (QED) is 0.797. The maximum absolute atomic E-state index is 12.3. The summed E-state index contributed by atoms with van der Waals surface area (Å²) in [5, 5.41) is 11.8. The Morgan fingerprint density at radius 3 is 2.40 bits per heavy atom. The van der Waals surface area contributed by atoms with E-state index in [1.807, 2.05) is 0 Å². The average molecular weight is 282 g/mol. The van der Waals surface area contributed by atoms with Gasteiger partial charge in [0.1, 0.15) is 12.1 Å². The lowest BCUT2D eigenvalue weighted by Crippen LogP contribution is -2.51. The molecule has 0 radical (unpaired) electrons. The van der Waals surface area contributed by atoms with Gasteiger partial charge in [0.25, 0.3) is 0 Å². The first-order chi connectivity index (χ1) is 9.50. The summed E-state index contributed by atoms with van der Waals surface area (Å²) in [6, 6.07) is -1.39. The van der Waals surface area contributed by atoms with Crippen LogP contribution in [0.5, 0.6) is 0 Å². The Kier molecular flexibility index (Phi) is 4.62. The van der Waals surface area contributed by atoms with Crippen LogP contribution in [0.25, 0.3) is 0 Å². The first kappa shape index (κ1) is 14.8. The molecule has 1 aliphatic heterocycles. The number of hydrogen-bond donors (Lipinski definition) is 2. The zero-order valence-corrected chi connectivity index (χ0v) is 11.8. The highest BCUT2D eigenvalue weighted by Crippen LogP contribution is 2.25. The number of carboxylic acid groups (broad SMARTS) is 1. The molecule has 6 heteroatoms. The standard InChI is InChI=1S/C14H22N2O4/c1-9(15-12(17)10-5-2-3-6-10)13(18)16-8-4-7-11(16)14(19)20/h9-11H,2-8H2,1H3,(H,15,17)(H,19,20)/t9?,11-/m1/s1. The SMILES string of the molecule is CC(NC(=O)C1CCCC1)C(=O)N1CCC[C@@H]1C(=O)O. The van der Waals surface area contributed by atoms with Crippen LogP contribution >= 0.6 is 0 Å². The van der Waals surface area contributed by atoms with Crippen molar-refractivity contribution in [3.63, 3.8) is 0 Å². The van der Waals surface area contributed by atoms with Crippen LogP contribution in [0.2, 0.25) is 0 Å². The van der Waals surface area contributed by atoms with Gasteiger partial charge in [-0.05, 0) is 32.6 Å². The number of rotatable bonds is 4. The van der Waals surface area contributed by atoms with Crippen LogP contribution < -0.4 is 5.32 Å². The highest BCUT2D eigenvalue weighted by molar-refractivity contribution is 5.91. The lowest BCUT2D eigenvalue weighted by molar-refractivity contribution is -0.149. The van der Waals surface area contributed by atoms with Gasteiger partial charge in [0.05, 0.1) is 0 Å². The van der Waals surface area contributed by atoms with E-state index >= 15 is 0 Å². The van der Waals surface area contributed by atoms with Crippen molar-refractivity contribution in [1.29, 1.82) is 0 Å². The lowest BCUT2D eigenvalue weighted by Gasteiger charge is -2.26. The predicted molar refractivity (Wildman–Crippen MR) is 71.9 cm³/mol. The second kappa shape index (κ2) is 6.24. The molecule has 0 aromatic carbocycles. The largest absolute Gasteiger partial charge is 0.480 e. The van der Waals surface area contributed by atoms with Crippen LogP contribution in [-0.2, 0) is 14.4 Å². The third-order valence-electron chi connectivity index (χ3n) is 4.28. The molecule has 1 saturated heterocycles. The molecule has 0 bridgehead atoms. The smallest absolute Gasteiger partial charge is 0.326 e. The van der Waals surface area contributed by atoms with Crippen molar-refractivity contribution in [1.82, 2.24) is 10.2 Å². The van der Waals surface area contributed by atoms with Crippen molar-refractivity contribution < 1.29 is 19.5 Å². The minimum Gasteiger partial charge on any atom is -0.480 e. The van der Waals surface area contributed by atoms with Crippen LogP contribution in [-0.4, -0.2) is 46.4 Å². The van der Waals surface area contributed by atoms with Crippen LogP contribution in [0.3, 0.4) is 0 Å².